The molecule has 0 unspecified atom stereocenters. The Kier molecular flexibility index (Phi) is 13.5. The maximum absolute atomic E-state index is 13.4. The van der Waals surface area contributed by atoms with E-state index in [0.29, 0.717) is 0 Å². The first-order valence-corrected chi connectivity index (χ1v) is 15.5. The van der Waals surface area contributed by atoms with Crippen LogP contribution >= 0.6 is 0 Å². The van der Waals surface area contributed by atoms with Gasteiger partial charge in [-0.25, -0.2) is 4.79 Å². The van der Waals surface area contributed by atoms with E-state index < -0.39 is 47.4 Å². The minimum atomic E-state index is -1.17. The first-order valence-electron chi connectivity index (χ1n) is 15.5. The number of ether oxygens (including phenoxy) is 3. The third-order valence-electron chi connectivity index (χ3n) is 7.37. The second-order valence-corrected chi connectivity index (χ2v) is 12.4. The molecule has 2 amide bonds. The molecule has 9 heteroatoms. The molecule has 1 aliphatic rings. The highest BCUT2D eigenvalue weighted by molar-refractivity contribution is 5.93. The minimum Gasteiger partial charge on any atom is -0.459 e. The molecule has 4 atom stereocenters. The van der Waals surface area contributed by atoms with E-state index >= 15 is 0 Å². The van der Waals surface area contributed by atoms with E-state index in [4.69, 9.17) is 14.2 Å². The zero-order valence-corrected chi connectivity index (χ0v) is 26.9. The maximum atomic E-state index is 13.4. The van der Waals surface area contributed by atoms with Gasteiger partial charge in [0.25, 0.3) is 0 Å². The standard InChI is InChI=1S/C36H46N2O7/c1-25(2)21-31-34(41)44-30(26(3)19-20-27-13-8-6-9-14-27)17-12-18-32(39)38-29(23-43-22-28-15-10-7-11-16-28)33(40)37-24-36(4,5)35(42)45-31/h6-16,18-20,25-26,29-31H,17,21-24H2,1-5H3,(H,37,40)(H,38,39)/b18-12+,20-19+/t26-,29-,30+,31+/m1/s1. The van der Waals surface area contributed by atoms with Crippen molar-refractivity contribution < 1.29 is 33.4 Å². The molecular formula is C36H46N2O7. The first-order chi connectivity index (χ1) is 21.4. The van der Waals surface area contributed by atoms with Crippen LogP contribution in [0.4, 0.5) is 0 Å². The number of rotatable bonds is 9. The summed E-state index contributed by atoms with van der Waals surface area (Å²) in [6.45, 7) is 9.11. The van der Waals surface area contributed by atoms with E-state index in [1.54, 1.807) is 19.9 Å². The molecule has 2 N–H and O–H groups in total. The van der Waals surface area contributed by atoms with E-state index in [1.165, 1.54) is 6.08 Å². The third kappa shape index (κ3) is 12.0. The molecule has 1 aliphatic heterocycles. The number of hydrogen-bond donors (Lipinski definition) is 2. The SMILES string of the molecule is CC(C)C[C@@H]1OC(=O)C(C)(C)CNC(=O)[C@@H](COCc2ccccc2)NC(=O)/C=C/C[C@@H]([C@H](C)/C=C/c2ccccc2)OC1=O. The highest BCUT2D eigenvalue weighted by Crippen LogP contribution is 2.23. The lowest BCUT2D eigenvalue weighted by Gasteiger charge is -2.29. The van der Waals surface area contributed by atoms with Gasteiger partial charge in [-0.3, -0.25) is 14.4 Å². The Morgan fingerprint density at radius 3 is 2.29 bits per heavy atom. The Morgan fingerprint density at radius 1 is 0.956 bits per heavy atom. The van der Waals surface area contributed by atoms with Crippen LogP contribution in [0.15, 0.2) is 78.9 Å². The molecule has 45 heavy (non-hydrogen) atoms. The average molecular weight is 619 g/mol. The molecule has 0 aromatic heterocycles. The van der Waals surface area contributed by atoms with Gasteiger partial charge in [0.05, 0.1) is 18.6 Å². The normalized spacial score (nSPS) is 23.1. The van der Waals surface area contributed by atoms with Crippen molar-refractivity contribution in [2.75, 3.05) is 13.2 Å². The third-order valence-corrected chi connectivity index (χ3v) is 7.37. The van der Waals surface area contributed by atoms with E-state index in [2.05, 4.69) is 10.6 Å². The fourth-order valence-electron chi connectivity index (χ4n) is 4.54. The van der Waals surface area contributed by atoms with E-state index in [0.717, 1.165) is 11.1 Å². The van der Waals surface area contributed by atoms with Gasteiger partial charge in [0.15, 0.2) is 6.10 Å². The Morgan fingerprint density at radius 2 is 1.62 bits per heavy atom. The molecule has 2 aromatic carbocycles. The summed E-state index contributed by atoms with van der Waals surface area (Å²) in [5, 5.41) is 5.44. The van der Waals surface area contributed by atoms with Gasteiger partial charge in [0, 0.05) is 18.9 Å². The lowest BCUT2D eigenvalue weighted by atomic mass is 9.93. The summed E-state index contributed by atoms with van der Waals surface area (Å²) in [6.07, 6.45) is 5.54. The number of nitrogens with one attached hydrogen (secondary N) is 2. The molecule has 0 spiro atoms. The van der Waals surface area contributed by atoms with Gasteiger partial charge in [0.2, 0.25) is 11.8 Å². The number of hydrogen-bond acceptors (Lipinski definition) is 7. The van der Waals surface area contributed by atoms with Crippen molar-refractivity contribution in [3.8, 4) is 0 Å². The highest BCUT2D eigenvalue weighted by atomic mass is 16.6. The smallest absolute Gasteiger partial charge is 0.347 e. The van der Waals surface area contributed by atoms with Gasteiger partial charge in [-0.15, -0.1) is 0 Å². The van der Waals surface area contributed by atoms with Gasteiger partial charge < -0.3 is 24.8 Å². The van der Waals surface area contributed by atoms with E-state index in [9.17, 15) is 19.2 Å². The molecule has 242 valence electrons. The molecule has 3 rings (SSSR count). The predicted octanol–water partition coefficient (Wildman–Crippen LogP) is 5.01. The minimum absolute atomic E-state index is 0.0397. The Balaban J connectivity index is 1.86. The number of carbonyl (C=O) groups is 4. The number of amides is 2. The van der Waals surface area contributed by atoms with Crippen molar-refractivity contribution in [1.82, 2.24) is 10.6 Å². The van der Waals surface area contributed by atoms with Crippen molar-refractivity contribution in [3.63, 3.8) is 0 Å². The monoisotopic (exact) mass is 618 g/mol. The quantitative estimate of drug-likeness (QED) is 0.379. The van der Waals surface area contributed by atoms with Gasteiger partial charge in [0.1, 0.15) is 12.1 Å². The van der Waals surface area contributed by atoms with Crippen molar-refractivity contribution >= 4 is 29.8 Å². The van der Waals surface area contributed by atoms with Gasteiger partial charge in [-0.05, 0) is 43.4 Å². The summed E-state index contributed by atoms with van der Waals surface area (Å²) in [5.74, 6) is -2.50. The van der Waals surface area contributed by atoms with E-state index in [1.807, 2.05) is 93.6 Å². The number of benzene rings is 2. The van der Waals surface area contributed by atoms with Crippen molar-refractivity contribution in [2.45, 2.75) is 72.3 Å². The van der Waals surface area contributed by atoms with Crippen LogP contribution in [-0.4, -0.2) is 55.2 Å². The van der Waals surface area contributed by atoms with Crippen LogP contribution in [0.5, 0.6) is 0 Å². The van der Waals surface area contributed by atoms with Crippen LogP contribution in [0, 0.1) is 17.3 Å². The summed E-state index contributed by atoms with van der Waals surface area (Å²) < 4.78 is 17.5. The molecule has 0 bridgehead atoms. The predicted molar refractivity (Wildman–Crippen MR) is 172 cm³/mol. The van der Waals surface area contributed by atoms with Crippen molar-refractivity contribution in [1.29, 1.82) is 0 Å². The van der Waals surface area contributed by atoms with Crippen LogP contribution in [0.1, 0.15) is 58.6 Å². The van der Waals surface area contributed by atoms with Gasteiger partial charge in [-0.1, -0.05) is 99.7 Å². The number of cyclic esters (lactones) is 2. The van der Waals surface area contributed by atoms with Crippen LogP contribution < -0.4 is 10.6 Å². The topological polar surface area (TPSA) is 120 Å². The van der Waals surface area contributed by atoms with Crippen LogP contribution in [0.3, 0.4) is 0 Å². The first kappa shape index (κ1) is 35.2. The summed E-state index contributed by atoms with van der Waals surface area (Å²) in [5.41, 5.74) is 0.742. The number of carbonyl (C=O) groups excluding carboxylic acids is 4. The zero-order chi connectivity index (χ0) is 32.8. The average Bonchev–Trinajstić information content (AvgIpc) is 3.01. The second kappa shape index (κ2) is 17.3. The number of esters is 2. The summed E-state index contributed by atoms with van der Waals surface area (Å²) >= 11 is 0. The Labute approximate surface area is 266 Å². The summed E-state index contributed by atoms with van der Waals surface area (Å²) in [6, 6.07) is 18.2. The van der Waals surface area contributed by atoms with Crippen molar-refractivity contribution in [3.05, 3.63) is 90.0 Å². The molecule has 0 saturated heterocycles. The lowest BCUT2D eigenvalue weighted by Crippen LogP contribution is -2.52. The van der Waals surface area contributed by atoms with Crippen molar-refractivity contribution in [2.24, 2.45) is 17.3 Å². The van der Waals surface area contributed by atoms with Crippen LogP contribution in [0.2, 0.25) is 0 Å². The molecule has 9 nitrogen and oxygen atoms in total. The molecule has 0 radical (unpaired) electrons. The second-order valence-electron chi connectivity index (χ2n) is 12.4. The molecule has 2 aromatic rings. The highest BCUT2D eigenvalue weighted by Gasteiger charge is 2.37. The Hall–Kier alpha value is -4.24. The maximum Gasteiger partial charge on any atom is 0.347 e. The molecule has 0 fully saturated rings. The largest absolute Gasteiger partial charge is 0.459 e. The zero-order valence-electron chi connectivity index (χ0n) is 26.9. The van der Waals surface area contributed by atoms with E-state index in [-0.39, 0.29) is 44.4 Å². The Bertz CT molecular complexity index is 1320. The lowest BCUT2D eigenvalue weighted by molar-refractivity contribution is -0.178. The summed E-state index contributed by atoms with van der Waals surface area (Å²) in [4.78, 5) is 52.9. The summed E-state index contributed by atoms with van der Waals surface area (Å²) in [7, 11) is 0. The van der Waals surface area contributed by atoms with Gasteiger partial charge >= 0.3 is 11.9 Å². The molecule has 0 aliphatic carbocycles. The molecule has 0 saturated carbocycles. The fraction of sp³-hybridized carbons (Fsp3) is 0.444. The molecular weight excluding hydrogens is 572 g/mol. The van der Waals surface area contributed by atoms with Gasteiger partial charge in [-0.2, -0.15) is 0 Å². The van der Waals surface area contributed by atoms with Crippen LogP contribution in [-0.2, 0) is 40.0 Å². The fourth-order valence-corrected chi connectivity index (χ4v) is 4.54. The van der Waals surface area contributed by atoms with Crippen LogP contribution in [0.25, 0.3) is 6.08 Å². The molecule has 1 heterocycles.